The molecule has 0 radical (unpaired) electrons. The first-order valence-electron chi connectivity index (χ1n) is 8.19. The zero-order valence-electron chi connectivity index (χ0n) is 14.5. The highest BCUT2D eigenvalue weighted by atomic mass is 16.6. The average molecular weight is 367 g/mol. The van der Waals surface area contributed by atoms with Crippen LogP contribution in [0.5, 0.6) is 5.75 Å². The van der Waals surface area contributed by atoms with E-state index in [-0.39, 0.29) is 23.6 Å². The molecule has 0 fully saturated rings. The van der Waals surface area contributed by atoms with Crippen molar-refractivity contribution < 1.29 is 19.3 Å². The van der Waals surface area contributed by atoms with Crippen molar-refractivity contribution in [3.63, 3.8) is 0 Å². The van der Waals surface area contributed by atoms with Gasteiger partial charge in [0.05, 0.1) is 11.0 Å². The number of rotatable bonds is 7. The van der Waals surface area contributed by atoms with Crippen molar-refractivity contribution in [2.24, 2.45) is 0 Å². The maximum Gasteiger partial charge on any atom is 0.269 e. The number of nitrogens with one attached hydrogen (secondary N) is 1. The molecule has 0 saturated heterocycles. The molecule has 27 heavy (non-hydrogen) atoms. The third-order valence-electron chi connectivity index (χ3n) is 4.01. The summed E-state index contributed by atoms with van der Waals surface area (Å²) in [5.41, 5.74) is 0.988. The van der Waals surface area contributed by atoms with E-state index in [1.165, 1.54) is 24.3 Å². The molecule has 3 aromatic rings. The Labute approximate surface area is 154 Å². The highest BCUT2D eigenvalue weighted by Crippen LogP contribution is 2.27. The van der Waals surface area contributed by atoms with Gasteiger partial charge in [0.15, 0.2) is 11.6 Å². The number of hydrogen-bond acceptors (Lipinski definition) is 7. The minimum Gasteiger partial charge on any atom is -0.508 e. The Morgan fingerprint density at radius 1 is 1.26 bits per heavy atom. The summed E-state index contributed by atoms with van der Waals surface area (Å²) in [5, 5.41) is 27.5. The van der Waals surface area contributed by atoms with Gasteiger partial charge in [-0.05, 0) is 36.8 Å². The number of Topliss-reactive ketones (excluding diaryl/α,β-unsaturated/α-hetero) is 1. The molecule has 0 amide bonds. The van der Waals surface area contributed by atoms with Gasteiger partial charge in [-0.2, -0.15) is 0 Å². The fourth-order valence-corrected chi connectivity index (χ4v) is 2.68. The molecule has 0 aliphatic rings. The number of aromatic nitrogens is 1. The molecular weight excluding hydrogens is 350 g/mol. The summed E-state index contributed by atoms with van der Waals surface area (Å²) >= 11 is 0. The Hall–Kier alpha value is -3.68. The number of hydrogen-bond donors (Lipinski definition) is 2. The van der Waals surface area contributed by atoms with Crippen LogP contribution in [0.25, 0.3) is 0 Å². The summed E-state index contributed by atoms with van der Waals surface area (Å²) < 4.78 is 5.04. The molecule has 138 valence electrons. The predicted octanol–water partition coefficient (Wildman–Crippen LogP) is 4.02. The molecule has 0 saturated carbocycles. The summed E-state index contributed by atoms with van der Waals surface area (Å²) in [6, 6.07) is 13.3. The fraction of sp³-hybridized carbons (Fsp3) is 0.158. The number of benzene rings is 2. The van der Waals surface area contributed by atoms with Gasteiger partial charge >= 0.3 is 0 Å². The second-order valence-corrected chi connectivity index (χ2v) is 6.05. The molecule has 0 aliphatic heterocycles. The summed E-state index contributed by atoms with van der Waals surface area (Å²) in [6.07, 6.45) is 0.0627. The third kappa shape index (κ3) is 4.49. The number of phenolic OH excluding ortho intramolecular Hbond substituents is 1. The Bertz CT molecular complexity index is 965. The van der Waals surface area contributed by atoms with E-state index in [0.717, 1.165) is 0 Å². The van der Waals surface area contributed by atoms with Crippen LogP contribution in [0.1, 0.15) is 34.1 Å². The van der Waals surface area contributed by atoms with Gasteiger partial charge in [0.1, 0.15) is 11.5 Å². The fourth-order valence-electron chi connectivity index (χ4n) is 2.68. The second kappa shape index (κ2) is 7.69. The number of carbonyl (C=O) groups is 1. The predicted molar refractivity (Wildman–Crippen MR) is 97.8 cm³/mol. The molecule has 1 heterocycles. The molecule has 0 aliphatic carbocycles. The number of nitro groups is 1. The van der Waals surface area contributed by atoms with Crippen LogP contribution in [-0.2, 0) is 0 Å². The first-order valence-corrected chi connectivity index (χ1v) is 8.19. The molecule has 1 unspecified atom stereocenters. The van der Waals surface area contributed by atoms with Crippen molar-refractivity contribution in [2.45, 2.75) is 19.4 Å². The lowest BCUT2D eigenvalue weighted by Crippen LogP contribution is -2.16. The van der Waals surface area contributed by atoms with Gasteiger partial charge in [-0.25, -0.2) is 0 Å². The normalized spacial score (nSPS) is 11.7. The second-order valence-electron chi connectivity index (χ2n) is 6.05. The molecule has 0 bridgehead atoms. The minimum absolute atomic E-state index is 0.0627. The lowest BCUT2D eigenvalue weighted by molar-refractivity contribution is -0.384. The molecule has 1 aromatic heterocycles. The van der Waals surface area contributed by atoms with E-state index in [2.05, 4.69) is 10.5 Å². The van der Waals surface area contributed by atoms with Crippen molar-refractivity contribution in [3.8, 4) is 5.75 Å². The van der Waals surface area contributed by atoms with Crippen LogP contribution in [0.4, 0.5) is 11.5 Å². The first kappa shape index (κ1) is 18.1. The van der Waals surface area contributed by atoms with Crippen molar-refractivity contribution in [3.05, 3.63) is 81.6 Å². The summed E-state index contributed by atoms with van der Waals surface area (Å²) in [4.78, 5) is 22.9. The van der Waals surface area contributed by atoms with Gasteiger partial charge in [0, 0.05) is 30.2 Å². The van der Waals surface area contributed by atoms with E-state index in [9.17, 15) is 20.0 Å². The zero-order chi connectivity index (χ0) is 19.4. The number of phenols is 1. The molecule has 2 N–H and O–H groups in total. The van der Waals surface area contributed by atoms with Crippen molar-refractivity contribution >= 4 is 17.3 Å². The van der Waals surface area contributed by atoms with E-state index in [1.54, 1.807) is 37.3 Å². The largest absolute Gasteiger partial charge is 0.508 e. The number of aromatic hydroxyl groups is 1. The third-order valence-corrected chi connectivity index (χ3v) is 4.01. The van der Waals surface area contributed by atoms with Crippen LogP contribution in [0.15, 0.2) is 59.1 Å². The lowest BCUT2D eigenvalue weighted by Gasteiger charge is -2.18. The quantitative estimate of drug-likeness (QED) is 0.368. The summed E-state index contributed by atoms with van der Waals surface area (Å²) in [7, 11) is 0. The van der Waals surface area contributed by atoms with Crippen LogP contribution in [0, 0.1) is 17.0 Å². The van der Waals surface area contributed by atoms with Gasteiger partial charge in [0.2, 0.25) is 0 Å². The molecular formula is C19H17N3O5. The van der Waals surface area contributed by atoms with Crippen molar-refractivity contribution in [1.29, 1.82) is 0 Å². The Morgan fingerprint density at radius 3 is 2.59 bits per heavy atom. The minimum atomic E-state index is -0.516. The van der Waals surface area contributed by atoms with E-state index >= 15 is 0 Å². The number of nitrogens with zero attached hydrogens (tertiary/aromatic N) is 2. The summed E-state index contributed by atoms with van der Waals surface area (Å²) in [5.74, 6) is 0.968. The Kier molecular flexibility index (Phi) is 5.16. The van der Waals surface area contributed by atoms with E-state index < -0.39 is 11.0 Å². The van der Waals surface area contributed by atoms with E-state index in [4.69, 9.17) is 4.52 Å². The number of ketones is 1. The van der Waals surface area contributed by atoms with Gasteiger partial charge in [0.25, 0.3) is 5.69 Å². The Morgan fingerprint density at radius 2 is 2.00 bits per heavy atom. The van der Waals surface area contributed by atoms with Crippen molar-refractivity contribution in [1.82, 2.24) is 5.16 Å². The van der Waals surface area contributed by atoms with Crippen molar-refractivity contribution in [2.75, 3.05) is 5.32 Å². The first-order chi connectivity index (χ1) is 12.9. The molecule has 2 aromatic carbocycles. The molecule has 1 atom stereocenters. The highest BCUT2D eigenvalue weighted by molar-refractivity contribution is 5.96. The topological polar surface area (TPSA) is 118 Å². The van der Waals surface area contributed by atoms with Gasteiger partial charge in [-0.15, -0.1) is 0 Å². The van der Waals surface area contributed by atoms with Gasteiger partial charge in [-0.1, -0.05) is 17.3 Å². The summed E-state index contributed by atoms with van der Waals surface area (Å²) in [6.45, 7) is 1.75. The standard InChI is InChI=1S/C19H17N3O5/c1-12-9-19(21-27-12)20-17(14-3-2-4-16(23)10-14)11-18(24)13-5-7-15(8-6-13)22(25)26/h2-10,17,23H,11H2,1H3,(H,20,21). The van der Waals surface area contributed by atoms with Crippen LogP contribution >= 0.6 is 0 Å². The monoisotopic (exact) mass is 367 g/mol. The zero-order valence-corrected chi connectivity index (χ0v) is 14.5. The smallest absolute Gasteiger partial charge is 0.269 e. The van der Waals surface area contributed by atoms with Gasteiger partial charge in [-0.3, -0.25) is 14.9 Å². The molecule has 8 nitrogen and oxygen atoms in total. The number of aryl methyl sites for hydroxylation is 1. The number of anilines is 1. The van der Waals surface area contributed by atoms with Crippen LogP contribution in [-0.4, -0.2) is 21.0 Å². The Balaban J connectivity index is 1.83. The van der Waals surface area contributed by atoms with Gasteiger partial charge < -0.3 is 14.9 Å². The van der Waals surface area contributed by atoms with Crippen LogP contribution < -0.4 is 5.32 Å². The maximum absolute atomic E-state index is 12.7. The lowest BCUT2D eigenvalue weighted by atomic mass is 9.97. The van der Waals surface area contributed by atoms with Crippen LogP contribution in [0.2, 0.25) is 0 Å². The highest BCUT2D eigenvalue weighted by Gasteiger charge is 2.20. The molecule has 0 spiro atoms. The van der Waals surface area contributed by atoms with Crippen LogP contribution in [0.3, 0.4) is 0 Å². The number of non-ortho nitro benzene ring substituents is 1. The van der Waals surface area contributed by atoms with E-state index in [1.807, 2.05) is 0 Å². The molecule has 3 rings (SSSR count). The number of carbonyl (C=O) groups excluding carboxylic acids is 1. The number of nitro benzene ring substituents is 1. The SMILES string of the molecule is Cc1cc(NC(CC(=O)c2ccc([N+](=O)[O-])cc2)c2cccc(O)c2)no1. The maximum atomic E-state index is 12.7. The van der Waals surface area contributed by atoms with E-state index in [0.29, 0.717) is 22.7 Å². The average Bonchev–Trinajstić information content (AvgIpc) is 3.06. The molecule has 8 heteroatoms.